The van der Waals surface area contributed by atoms with Gasteiger partial charge in [0.05, 0.1) is 35.2 Å². The largest absolute Gasteiger partial charge is 0.416 e. The molecule has 0 radical (unpaired) electrons. The van der Waals surface area contributed by atoms with Crippen molar-refractivity contribution in [1.82, 2.24) is 19.7 Å². The third-order valence-corrected chi connectivity index (χ3v) is 6.06. The number of amides is 1. The van der Waals surface area contributed by atoms with E-state index >= 15 is 0 Å². The van der Waals surface area contributed by atoms with Gasteiger partial charge in [-0.15, -0.1) is 0 Å². The molecule has 0 bridgehead atoms. The van der Waals surface area contributed by atoms with E-state index in [-0.39, 0.29) is 12.3 Å². The van der Waals surface area contributed by atoms with E-state index in [0.717, 1.165) is 44.1 Å². The van der Waals surface area contributed by atoms with Crippen molar-refractivity contribution in [3.05, 3.63) is 65.1 Å². The number of hydrogen-bond donors (Lipinski definition) is 1. The molecule has 1 aliphatic rings. The standard InChI is InChI=1S/C24H27F3N6O/c1-16-21(17(2)33(30-16)20-6-4-5-18(13-20)24(25,26)27)14-23(34)29-19-7-8-22(28-15-19)32-11-9-31(3)10-12-32/h4-8,13,15H,9-12,14H2,1-3H3,(H,29,34). The zero-order valence-corrected chi connectivity index (χ0v) is 19.4. The van der Waals surface area contributed by atoms with Crippen molar-refractivity contribution in [3.63, 3.8) is 0 Å². The summed E-state index contributed by atoms with van der Waals surface area (Å²) in [6, 6.07) is 8.70. The van der Waals surface area contributed by atoms with Crippen LogP contribution >= 0.6 is 0 Å². The van der Waals surface area contributed by atoms with Gasteiger partial charge in [0.1, 0.15) is 5.82 Å². The first kappa shape index (κ1) is 23.7. The SMILES string of the molecule is Cc1nn(-c2cccc(C(F)(F)F)c2)c(C)c1CC(=O)Nc1ccc(N2CCN(C)CC2)nc1. The third kappa shape index (κ3) is 5.22. The lowest BCUT2D eigenvalue weighted by Gasteiger charge is -2.33. The highest BCUT2D eigenvalue weighted by Crippen LogP contribution is 2.31. The second kappa shape index (κ2) is 9.46. The average Bonchev–Trinajstić information content (AvgIpc) is 3.08. The molecular formula is C24H27F3N6O. The Hall–Kier alpha value is -3.40. The van der Waals surface area contributed by atoms with Crippen LogP contribution < -0.4 is 10.2 Å². The fourth-order valence-corrected chi connectivity index (χ4v) is 4.04. The van der Waals surface area contributed by atoms with Gasteiger partial charge < -0.3 is 15.1 Å². The monoisotopic (exact) mass is 472 g/mol. The minimum Gasteiger partial charge on any atom is -0.354 e. The summed E-state index contributed by atoms with van der Waals surface area (Å²) in [4.78, 5) is 21.7. The molecule has 1 N–H and O–H groups in total. The van der Waals surface area contributed by atoms with Gasteiger partial charge in [0.25, 0.3) is 0 Å². The molecule has 1 aliphatic heterocycles. The molecule has 0 spiro atoms. The zero-order valence-electron chi connectivity index (χ0n) is 19.4. The van der Waals surface area contributed by atoms with E-state index < -0.39 is 11.7 Å². The van der Waals surface area contributed by atoms with E-state index in [4.69, 9.17) is 0 Å². The highest BCUT2D eigenvalue weighted by Gasteiger charge is 2.31. The number of carbonyl (C=O) groups is 1. The molecule has 1 aromatic carbocycles. The fourth-order valence-electron chi connectivity index (χ4n) is 4.04. The second-order valence-corrected chi connectivity index (χ2v) is 8.53. The summed E-state index contributed by atoms with van der Waals surface area (Å²) < 4.78 is 40.7. The number of aryl methyl sites for hydroxylation is 1. The summed E-state index contributed by atoms with van der Waals surface area (Å²) in [5.74, 6) is 0.629. The topological polar surface area (TPSA) is 66.3 Å². The first-order valence-electron chi connectivity index (χ1n) is 11.0. The maximum atomic E-state index is 13.1. The van der Waals surface area contributed by atoms with E-state index in [0.29, 0.717) is 28.3 Å². The van der Waals surface area contributed by atoms with Crippen LogP contribution in [-0.4, -0.2) is 58.8 Å². The second-order valence-electron chi connectivity index (χ2n) is 8.53. The van der Waals surface area contributed by atoms with Crippen molar-refractivity contribution in [2.45, 2.75) is 26.4 Å². The fraction of sp³-hybridized carbons (Fsp3) is 0.375. The van der Waals surface area contributed by atoms with Gasteiger partial charge in [-0.25, -0.2) is 9.67 Å². The number of halogens is 3. The van der Waals surface area contributed by atoms with Crippen LogP contribution in [0.15, 0.2) is 42.6 Å². The van der Waals surface area contributed by atoms with Crippen LogP contribution in [0, 0.1) is 13.8 Å². The maximum Gasteiger partial charge on any atom is 0.416 e. The Balaban J connectivity index is 1.44. The number of carbonyl (C=O) groups excluding carboxylic acids is 1. The molecular weight excluding hydrogens is 445 g/mol. The van der Waals surface area contributed by atoms with Gasteiger partial charge >= 0.3 is 6.18 Å². The molecule has 180 valence electrons. The number of likely N-dealkylation sites (N-methyl/N-ethyl adjacent to an activating group) is 1. The quantitative estimate of drug-likeness (QED) is 0.611. The van der Waals surface area contributed by atoms with Gasteiger partial charge in [-0.05, 0) is 51.2 Å². The predicted octanol–water partition coefficient (Wildman–Crippen LogP) is 3.84. The molecule has 3 heterocycles. The highest BCUT2D eigenvalue weighted by atomic mass is 19.4. The van der Waals surface area contributed by atoms with Crippen molar-refractivity contribution in [3.8, 4) is 5.69 Å². The Morgan fingerprint density at radius 2 is 1.82 bits per heavy atom. The minimum atomic E-state index is -4.44. The number of hydrogen-bond acceptors (Lipinski definition) is 5. The number of pyridine rings is 1. The van der Waals surface area contributed by atoms with Gasteiger partial charge in [0, 0.05) is 37.4 Å². The average molecular weight is 473 g/mol. The molecule has 0 atom stereocenters. The van der Waals surface area contributed by atoms with E-state index in [1.165, 1.54) is 10.7 Å². The minimum absolute atomic E-state index is 0.0524. The van der Waals surface area contributed by atoms with Crippen LogP contribution in [0.3, 0.4) is 0 Å². The predicted molar refractivity (Wildman–Crippen MR) is 124 cm³/mol. The molecule has 34 heavy (non-hydrogen) atoms. The number of nitrogens with zero attached hydrogens (tertiary/aromatic N) is 5. The number of aromatic nitrogens is 3. The van der Waals surface area contributed by atoms with Crippen LogP contribution in [0.4, 0.5) is 24.7 Å². The summed E-state index contributed by atoms with van der Waals surface area (Å²) in [5, 5.41) is 7.23. The number of alkyl halides is 3. The molecule has 10 heteroatoms. The van der Waals surface area contributed by atoms with E-state index in [1.54, 1.807) is 26.1 Å². The van der Waals surface area contributed by atoms with Gasteiger partial charge in [0.2, 0.25) is 5.91 Å². The Labute approximate surface area is 196 Å². The van der Waals surface area contributed by atoms with Crippen LogP contribution in [0.5, 0.6) is 0 Å². The Morgan fingerprint density at radius 1 is 1.09 bits per heavy atom. The summed E-state index contributed by atoms with van der Waals surface area (Å²) in [6.07, 6.45) is -2.75. The first-order valence-corrected chi connectivity index (χ1v) is 11.0. The lowest BCUT2D eigenvalue weighted by molar-refractivity contribution is -0.137. The van der Waals surface area contributed by atoms with Crippen molar-refractivity contribution in [2.24, 2.45) is 0 Å². The molecule has 0 aliphatic carbocycles. The van der Waals surface area contributed by atoms with Crippen LogP contribution in [-0.2, 0) is 17.4 Å². The first-order chi connectivity index (χ1) is 16.1. The van der Waals surface area contributed by atoms with Gasteiger partial charge in [-0.1, -0.05) is 6.07 Å². The molecule has 0 unspecified atom stereocenters. The van der Waals surface area contributed by atoms with Crippen molar-refractivity contribution in [1.29, 1.82) is 0 Å². The summed E-state index contributed by atoms with van der Waals surface area (Å²) >= 11 is 0. The van der Waals surface area contributed by atoms with Crippen molar-refractivity contribution < 1.29 is 18.0 Å². The van der Waals surface area contributed by atoms with Gasteiger partial charge in [-0.2, -0.15) is 18.3 Å². The molecule has 1 saturated heterocycles. The molecule has 3 aromatic rings. The lowest BCUT2D eigenvalue weighted by Crippen LogP contribution is -2.44. The molecule has 1 amide bonds. The molecule has 0 saturated carbocycles. The van der Waals surface area contributed by atoms with E-state index in [1.807, 2.05) is 12.1 Å². The smallest absolute Gasteiger partial charge is 0.354 e. The maximum absolute atomic E-state index is 13.1. The molecule has 7 nitrogen and oxygen atoms in total. The van der Waals surface area contributed by atoms with E-state index in [2.05, 4.69) is 32.2 Å². The number of anilines is 2. The van der Waals surface area contributed by atoms with Crippen molar-refractivity contribution in [2.75, 3.05) is 43.4 Å². The van der Waals surface area contributed by atoms with E-state index in [9.17, 15) is 18.0 Å². The van der Waals surface area contributed by atoms with Crippen LogP contribution in [0.2, 0.25) is 0 Å². The molecule has 2 aromatic heterocycles. The van der Waals surface area contributed by atoms with Crippen LogP contribution in [0.25, 0.3) is 5.69 Å². The van der Waals surface area contributed by atoms with Crippen molar-refractivity contribution >= 4 is 17.4 Å². The number of piperazine rings is 1. The van der Waals surface area contributed by atoms with Gasteiger partial charge in [-0.3, -0.25) is 4.79 Å². The molecule has 1 fully saturated rings. The number of rotatable bonds is 5. The zero-order chi connectivity index (χ0) is 24.5. The van der Waals surface area contributed by atoms with Gasteiger partial charge in [0.15, 0.2) is 0 Å². The number of benzene rings is 1. The highest BCUT2D eigenvalue weighted by molar-refractivity contribution is 5.92. The Kier molecular flexibility index (Phi) is 6.60. The lowest BCUT2D eigenvalue weighted by atomic mass is 10.1. The molecule has 4 rings (SSSR count). The summed E-state index contributed by atoms with van der Waals surface area (Å²) in [5.41, 5.74) is 2.03. The third-order valence-electron chi connectivity index (χ3n) is 6.06. The summed E-state index contributed by atoms with van der Waals surface area (Å²) in [6.45, 7) is 7.26. The Morgan fingerprint density at radius 3 is 2.47 bits per heavy atom. The summed E-state index contributed by atoms with van der Waals surface area (Å²) in [7, 11) is 2.09. The Bertz CT molecular complexity index is 1160. The number of nitrogens with one attached hydrogen (secondary N) is 1. The normalized spacial score (nSPS) is 14.9. The van der Waals surface area contributed by atoms with Crippen LogP contribution in [0.1, 0.15) is 22.5 Å².